The molecule has 3 N–H and O–H groups in total. The lowest BCUT2D eigenvalue weighted by atomic mass is 10.1. The molecule has 122 valence electrons. The largest absolute Gasteiger partial charge is 0.477 e. The van der Waals surface area contributed by atoms with Gasteiger partial charge in [0.05, 0.1) is 17.4 Å². The number of anilines is 1. The third kappa shape index (κ3) is 2.37. The second-order valence-corrected chi connectivity index (χ2v) is 6.02. The fraction of sp³-hybridized carbons (Fsp3) is 0.375. The van der Waals surface area contributed by atoms with Crippen LogP contribution in [0.25, 0.3) is 5.52 Å². The van der Waals surface area contributed by atoms with Crippen LogP contribution in [0.3, 0.4) is 0 Å². The number of nitrogens with two attached hydrogens (primary N) is 1. The first-order chi connectivity index (χ1) is 10.8. The Bertz CT molecular complexity index is 875. The monoisotopic (exact) mass is 319 g/mol. The van der Waals surface area contributed by atoms with Gasteiger partial charge in [0.25, 0.3) is 5.56 Å². The number of pyridine rings is 2. The average molecular weight is 319 g/mol. The zero-order valence-corrected chi connectivity index (χ0v) is 13.0. The van der Waals surface area contributed by atoms with Gasteiger partial charge in [-0.15, -0.1) is 0 Å². The molecule has 6 nitrogen and oxygen atoms in total. The number of hydrogen-bond acceptors (Lipinski definition) is 4. The van der Waals surface area contributed by atoms with Crippen LogP contribution in [0.5, 0.6) is 0 Å². The second-order valence-electron chi connectivity index (χ2n) is 6.02. The van der Waals surface area contributed by atoms with Crippen molar-refractivity contribution in [3.63, 3.8) is 0 Å². The lowest BCUT2D eigenvalue weighted by molar-refractivity contribution is 0.0694. The van der Waals surface area contributed by atoms with Gasteiger partial charge in [0.15, 0.2) is 5.82 Å². The Kier molecular flexibility index (Phi) is 3.60. The van der Waals surface area contributed by atoms with Gasteiger partial charge in [-0.1, -0.05) is 0 Å². The fourth-order valence-corrected chi connectivity index (χ4v) is 3.37. The first-order valence-electron chi connectivity index (χ1n) is 7.40. The zero-order chi connectivity index (χ0) is 16.9. The number of halogens is 1. The van der Waals surface area contributed by atoms with Gasteiger partial charge in [0.2, 0.25) is 0 Å². The Morgan fingerprint density at radius 2 is 2.13 bits per heavy atom. The summed E-state index contributed by atoms with van der Waals surface area (Å²) in [5.74, 6) is -1.87. The van der Waals surface area contributed by atoms with E-state index in [2.05, 4.69) is 0 Å². The predicted molar refractivity (Wildman–Crippen MR) is 84.9 cm³/mol. The minimum atomic E-state index is -1.32. The number of rotatable bonds is 2. The predicted octanol–water partition coefficient (Wildman–Crippen LogP) is 1.29. The summed E-state index contributed by atoms with van der Waals surface area (Å²) in [6, 6.07) is 1.34. The molecule has 0 aromatic carbocycles. The van der Waals surface area contributed by atoms with E-state index in [4.69, 9.17) is 10.8 Å². The van der Waals surface area contributed by atoms with E-state index in [1.807, 2.05) is 4.90 Å². The van der Waals surface area contributed by atoms with Crippen molar-refractivity contribution in [2.45, 2.75) is 26.3 Å². The third-order valence-corrected chi connectivity index (χ3v) is 4.37. The highest BCUT2D eigenvalue weighted by molar-refractivity contribution is 5.88. The molecule has 0 unspecified atom stereocenters. The number of fused-ring (bicyclic) bond motifs is 1. The van der Waals surface area contributed by atoms with Gasteiger partial charge in [-0.3, -0.25) is 9.20 Å². The molecule has 0 amide bonds. The van der Waals surface area contributed by atoms with Crippen LogP contribution in [0, 0.1) is 19.7 Å². The molecule has 2 aromatic rings. The Hall–Kier alpha value is -2.41. The fourth-order valence-electron chi connectivity index (χ4n) is 3.37. The van der Waals surface area contributed by atoms with E-state index in [1.54, 1.807) is 13.8 Å². The maximum Gasteiger partial charge on any atom is 0.341 e. The molecule has 0 saturated carbocycles. The highest BCUT2D eigenvalue weighted by atomic mass is 19.1. The van der Waals surface area contributed by atoms with Gasteiger partial charge in [0, 0.05) is 19.1 Å². The first kappa shape index (κ1) is 15.5. The first-order valence-corrected chi connectivity index (χ1v) is 7.40. The molecule has 1 aliphatic heterocycles. The summed E-state index contributed by atoms with van der Waals surface area (Å²) in [6.45, 7) is 4.67. The molecule has 0 aliphatic carbocycles. The van der Waals surface area contributed by atoms with E-state index in [9.17, 15) is 14.0 Å². The van der Waals surface area contributed by atoms with Crippen LogP contribution in [0.15, 0.2) is 17.1 Å². The summed E-state index contributed by atoms with van der Waals surface area (Å²) in [4.78, 5) is 25.3. The number of aryl methyl sites for hydroxylation is 2. The molecule has 1 saturated heterocycles. The molecule has 7 heteroatoms. The Balaban J connectivity index is 2.32. The van der Waals surface area contributed by atoms with Gasteiger partial charge >= 0.3 is 5.97 Å². The maximum absolute atomic E-state index is 14.6. The van der Waals surface area contributed by atoms with Crippen LogP contribution >= 0.6 is 0 Å². The van der Waals surface area contributed by atoms with Crippen molar-refractivity contribution in [3.8, 4) is 0 Å². The number of carboxylic acid groups (broad SMARTS) is 1. The van der Waals surface area contributed by atoms with E-state index in [-0.39, 0.29) is 11.6 Å². The Morgan fingerprint density at radius 1 is 1.43 bits per heavy atom. The summed E-state index contributed by atoms with van der Waals surface area (Å²) < 4.78 is 15.7. The Labute approximate surface area is 131 Å². The molecule has 0 spiro atoms. The van der Waals surface area contributed by atoms with Crippen LogP contribution in [0.1, 0.15) is 27.9 Å². The summed E-state index contributed by atoms with van der Waals surface area (Å²) in [5.41, 5.74) is 7.00. The molecule has 2 aromatic heterocycles. The van der Waals surface area contributed by atoms with Gasteiger partial charge in [-0.05, 0) is 37.5 Å². The van der Waals surface area contributed by atoms with Gasteiger partial charge in [0.1, 0.15) is 5.56 Å². The van der Waals surface area contributed by atoms with Crippen molar-refractivity contribution >= 4 is 17.2 Å². The quantitative estimate of drug-likeness (QED) is 0.871. The normalized spacial score (nSPS) is 17.9. The molecule has 1 atom stereocenters. The number of carbonyl (C=O) groups is 1. The highest BCUT2D eigenvalue weighted by Gasteiger charge is 2.26. The van der Waals surface area contributed by atoms with Crippen molar-refractivity contribution in [2.75, 3.05) is 18.0 Å². The van der Waals surface area contributed by atoms with E-state index in [0.29, 0.717) is 35.4 Å². The minimum Gasteiger partial charge on any atom is -0.477 e. The SMILES string of the molecule is Cc1cc(C(=O)O)c(=O)n2cc(F)c(N3CC[C@H](N)C3)c(C)c12. The number of nitrogens with zero attached hydrogens (tertiary/aromatic N) is 2. The summed E-state index contributed by atoms with van der Waals surface area (Å²) in [7, 11) is 0. The van der Waals surface area contributed by atoms with Gasteiger partial charge < -0.3 is 15.7 Å². The van der Waals surface area contributed by atoms with Crippen molar-refractivity contribution < 1.29 is 14.3 Å². The second kappa shape index (κ2) is 5.34. The number of aromatic carboxylic acids is 1. The van der Waals surface area contributed by atoms with Crippen molar-refractivity contribution in [2.24, 2.45) is 5.73 Å². The molecular weight excluding hydrogens is 301 g/mol. The smallest absolute Gasteiger partial charge is 0.341 e. The summed E-state index contributed by atoms with van der Waals surface area (Å²) >= 11 is 0. The van der Waals surface area contributed by atoms with Crippen LogP contribution in [0.4, 0.5) is 10.1 Å². The lowest BCUT2D eigenvalue weighted by Gasteiger charge is -2.23. The molecule has 3 heterocycles. The van der Waals surface area contributed by atoms with E-state index in [0.717, 1.165) is 17.0 Å². The molecule has 3 rings (SSSR count). The van der Waals surface area contributed by atoms with E-state index in [1.165, 1.54) is 6.07 Å². The maximum atomic E-state index is 14.6. The average Bonchev–Trinajstić information content (AvgIpc) is 2.88. The molecule has 0 radical (unpaired) electrons. The topological polar surface area (TPSA) is 88.0 Å². The van der Waals surface area contributed by atoms with Crippen molar-refractivity contribution in [1.29, 1.82) is 0 Å². The number of aromatic nitrogens is 1. The Morgan fingerprint density at radius 3 is 2.70 bits per heavy atom. The van der Waals surface area contributed by atoms with Gasteiger partial charge in [-0.2, -0.15) is 0 Å². The molecular formula is C16H18FN3O3. The van der Waals surface area contributed by atoms with Crippen LogP contribution in [-0.4, -0.2) is 34.6 Å². The van der Waals surface area contributed by atoms with Gasteiger partial charge in [-0.25, -0.2) is 9.18 Å². The zero-order valence-electron chi connectivity index (χ0n) is 13.0. The standard InChI is InChI=1S/C16H18FN3O3/c1-8-5-11(16(22)23)15(21)20-7-12(17)14(9(2)13(8)20)19-4-3-10(18)6-19/h5,7,10H,3-4,6,18H2,1-2H3,(H,22,23)/t10-/m0/s1. The highest BCUT2D eigenvalue weighted by Crippen LogP contribution is 2.31. The summed E-state index contributed by atoms with van der Waals surface area (Å²) in [5, 5.41) is 9.12. The number of carboxylic acids is 1. The molecule has 1 aliphatic rings. The van der Waals surface area contributed by atoms with Crippen LogP contribution < -0.4 is 16.2 Å². The third-order valence-electron chi connectivity index (χ3n) is 4.37. The summed E-state index contributed by atoms with van der Waals surface area (Å²) in [6.07, 6.45) is 1.86. The molecule has 0 bridgehead atoms. The van der Waals surface area contributed by atoms with Crippen molar-refractivity contribution in [1.82, 2.24) is 4.40 Å². The molecule has 23 heavy (non-hydrogen) atoms. The van der Waals surface area contributed by atoms with Crippen LogP contribution in [0.2, 0.25) is 0 Å². The van der Waals surface area contributed by atoms with Crippen molar-refractivity contribution in [3.05, 3.63) is 45.1 Å². The van der Waals surface area contributed by atoms with E-state index < -0.39 is 17.3 Å². The molecule has 1 fully saturated rings. The number of hydrogen-bond donors (Lipinski definition) is 2. The minimum absolute atomic E-state index is 0.00250. The van der Waals surface area contributed by atoms with E-state index >= 15 is 0 Å². The van der Waals surface area contributed by atoms with Crippen LogP contribution in [-0.2, 0) is 0 Å². The lowest BCUT2D eigenvalue weighted by Crippen LogP contribution is -2.29.